The predicted molar refractivity (Wildman–Crippen MR) is 123 cm³/mol. The molecule has 3 aromatic rings. The third-order valence-corrected chi connectivity index (χ3v) is 6.06. The third-order valence-electron chi connectivity index (χ3n) is 6.06. The quantitative estimate of drug-likeness (QED) is 0.530. The number of ether oxygens (including phenoxy) is 2. The van der Waals surface area contributed by atoms with Gasteiger partial charge in [-0.2, -0.15) is 13.2 Å². The summed E-state index contributed by atoms with van der Waals surface area (Å²) in [7, 11) is 0. The van der Waals surface area contributed by atoms with E-state index in [0.29, 0.717) is 50.2 Å². The standard InChI is InChI=1S/C22H25F3N8O3/c23-22(24,25)16-10-18(36-21(26)34)28-11-15(16)19-29-20(32-5-7-35-8-6-32)17-9-14(13-33(17)30-19)12-31-3-1-27-2-4-31/h9-11,13,27H,1-8,12H2,(H2,26,34). The van der Waals surface area contributed by atoms with Gasteiger partial charge >= 0.3 is 12.3 Å². The minimum Gasteiger partial charge on any atom is -0.391 e. The molecule has 0 bridgehead atoms. The van der Waals surface area contributed by atoms with Crippen LogP contribution in [-0.4, -0.2) is 83.1 Å². The van der Waals surface area contributed by atoms with Gasteiger partial charge in [-0.1, -0.05) is 0 Å². The molecule has 11 nitrogen and oxygen atoms in total. The van der Waals surface area contributed by atoms with Gasteiger partial charge in [-0.15, -0.1) is 5.10 Å². The molecule has 0 saturated carbocycles. The van der Waals surface area contributed by atoms with Crippen LogP contribution in [0.25, 0.3) is 16.9 Å². The highest BCUT2D eigenvalue weighted by molar-refractivity contribution is 5.74. The maximum atomic E-state index is 14.0. The molecule has 5 heterocycles. The van der Waals surface area contributed by atoms with Gasteiger partial charge in [-0.3, -0.25) is 4.90 Å². The Balaban J connectivity index is 1.60. The SMILES string of the molecule is NC(=O)Oc1cc(C(F)(F)F)c(-c2nc(N3CCOCC3)c3cc(CN4CCNCC4)cn3n2)cn1. The maximum Gasteiger partial charge on any atom is 0.417 e. The summed E-state index contributed by atoms with van der Waals surface area (Å²) in [5, 5.41) is 7.74. The van der Waals surface area contributed by atoms with Crippen molar-refractivity contribution in [2.24, 2.45) is 5.73 Å². The number of nitrogens with one attached hydrogen (secondary N) is 1. The van der Waals surface area contributed by atoms with Crippen LogP contribution in [0.5, 0.6) is 5.88 Å². The number of carbonyl (C=O) groups is 1. The van der Waals surface area contributed by atoms with Gasteiger partial charge in [0, 0.05) is 64.3 Å². The van der Waals surface area contributed by atoms with Gasteiger partial charge < -0.3 is 25.4 Å². The summed E-state index contributed by atoms with van der Waals surface area (Å²) in [5.74, 6) is -0.202. The molecule has 2 fully saturated rings. The van der Waals surface area contributed by atoms with Crippen LogP contribution >= 0.6 is 0 Å². The number of rotatable bonds is 5. The first-order chi connectivity index (χ1) is 17.3. The zero-order valence-electron chi connectivity index (χ0n) is 19.3. The minimum absolute atomic E-state index is 0.154. The Kier molecular flexibility index (Phi) is 6.64. The highest BCUT2D eigenvalue weighted by Gasteiger charge is 2.36. The predicted octanol–water partition coefficient (Wildman–Crippen LogP) is 1.51. The summed E-state index contributed by atoms with van der Waals surface area (Å²) in [6.45, 7) is 6.35. The van der Waals surface area contributed by atoms with Crippen molar-refractivity contribution in [1.29, 1.82) is 0 Å². The number of hydrogen-bond donors (Lipinski definition) is 2. The zero-order valence-corrected chi connectivity index (χ0v) is 19.3. The number of carbonyl (C=O) groups excluding carboxylic acids is 1. The minimum atomic E-state index is -4.78. The van der Waals surface area contributed by atoms with E-state index in [1.165, 1.54) is 0 Å². The van der Waals surface area contributed by atoms with Crippen molar-refractivity contribution in [1.82, 2.24) is 29.8 Å². The number of nitrogens with two attached hydrogens (primary N) is 1. The number of piperazine rings is 1. The van der Waals surface area contributed by atoms with Crippen molar-refractivity contribution in [3.63, 3.8) is 0 Å². The molecule has 5 rings (SSSR count). The molecule has 0 unspecified atom stereocenters. The Morgan fingerprint density at radius 2 is 1.92 bits per heavy atom. The van der Waals surface area contributed by atoms with Crippen molar-refractivity contribution >= 4 is 17.4 Å². The van der Waals surface area contributed by atoms with E-state index in [1.807, 2.05) is 17.2 Å². The van der Waals surface area contributed by atoms with E-state index < -0.39 is 23.7 Å². The van der Waals surface area contributed by atoms with Gasteiger partial charge in [0.1, 0.15) is 5.52 Å². The topological polar surface area (TPSA) is 123 Å². The van der Waals surface area contributed by atoms with Crippen molar-refractivity contribution in [2.45, 2.75) is 12.7 Å². The number of nitrogens with zero attached hydrogens (tertiary/aromatic N) is 6. The van der Waals surface area contributed by atoms with Crippen LogP contribution < -0.4 is 20.7 Å². The smallest absolute Gasteiger partial charge is 0.391 e. The second-order valence-corrected chi connectivity index (χ2v) is 8.55. The number of fused-ring (bicyclic) bond motifs is 1. The van der Waals surface area contributed by atoms with Crippen molar-refractivity contribution in [3.05, 3.63) is 35.7 Å². The highest BCUT2D eigenvalue weighted by Crippen LogP contribution is 2.38. The number of alkyl halides is 3. The van der Waals surface area contributed by atoms with Crippen LogP contribution in [0.15, 0.2) is 24.5 Å². The van der Waals surface area contributed by atoms with E-state index in [9.17, 15) is 18.0 Å². The number of hydrogen-bond acceptors (Lipinski definition) is 9. The van der Waals surface area contributed by atoms with Gasteiger partial charge in [0.25, 0.3) is 0 Å². The number of anilines is 1. The molecule has 0 spiro atoms. The van der Waals surface area contributed by atoms with Gasteiger partial charge in [0.05, 0.1) is 24.3 Å². The number of pyridine rings is 1. The molecule has 2 saturated heterocycles. The molecule has 36 heavy (non-hydrogen) atoms. The van der Waals surface area contributed by atoms with E-state index in [4.69, 9.17) is 10.5 Å². The lowest BCUT2D eigenvalue weighted by molar-refractivity contribution is -0.137. The van der Waals surface area contributed by atoms with Crippen molar-refractivity contribution < 1.29 is 27.4 Å². The summed E-state index contributed by atoms with van der Waals surface area (Å²) in [5.41, 5.74) is 5.18. The molecule has 3 aromatic heterocycles. The molecule has 14 heteroatoms. The first-order valence-electron chi connectivity index (χ1n) is 11.5. The lowest BCUT2D eigenvalue weighted by Crippen LogP contribution is -2.42. The number of aromatic nitrogens is 4. The second-order valence-electron chi connectivity index (χ2n) is 8.55. The molecule has 1 amide bonds. The summed E-state index contributed by atoms with van der Waals surface area (Å²) in [6, 6.07) is 2.59. The van der Waals surface area contributed by atoms with Crippen molar-refractivity contribution in [3.8, 4) is 17.3 Å². The Morgan fingerprint density at radius 3 is 2.61 bits per heavy atom. The fourth-order valence-electron chi connectivity index (χ4n) is 4.38. The molecular weight excluding hydrogens is 481 g/mol. The fraction of sp³-hybridized carbons (Fsp3) is 0.455. The zero-order chi connectivity index (χ0) is 25.3. The molecule has 2 aliphatic rings. The number of amides is 1. The number of primary amides is 1. The van der Waals surface area contributed by atoms with E-state index in [-0.39, 0.29) is 11.4 Å². The average molecular weight is 506 g/mol. The molecule has 0 atom stereocenters. The van der Waals surface area contributed by atoms with Crippen LogP contribution in [0.4, 0.5) is 23.8 Å². The fourth-order valence-corrected chi connectivity index (χ4v) is 4.38. The van der Waals surface area contributed by atoms with Crippen molar-refractivity contribution in [2.75, 3.05) is 57.4 Å². The molecule has 0 radical (unpaired) electrons. The first kappa shape index (κ1) is 24.2. The Bertz CT molecular complexity index is 1250. The summed E-state index contributed by atoms with van der Waals surface area (Å²) in [6.07, 6.45) is -3.29. The molecule has 3 N–H and O–H groups in total. The second kappa shape index (κ2) is 9.87. The van der Waals surface area contributed by atoms with Crippen LogP contribution in [0.3, 0.4) is 0 Å². The molecular formula is C22H25F3N8O3. The van der Waals surface area contributed by atoms with Crippen LogP contribution in [0, 0.1) is 0 Å². The number of halogens is 3. The number of morpholine rings is 1. The molecule has 0 aromatic carbocycles. The van der Waals surface area contributed by atoms with Gasteiger partial charge in [0.2, 0.25) is 5.88 Å². The first-order valence-corrected chi connectivity index (χ1v) is 11.5. The van der Waals surface area contributed by atoms with Crippen LogP contribution in [-0.2, 0) is 17.5 Å². The van der Waals surface area contributed by atoms with E-state index in [2.05, 4.69) is 30.0 Å². The Morgan fingerprint density at radius 1 is 1.17 bits per heavy atom. The average Bonchev–Trinajstić information content (AvgIpc) is 3.26. The lowest BCUT2D eigenvalue weighted by atomic mass is 10.1. The highest BCUT2D eigenvalue weighted by atomic mass is 19.4. The maximum absolute atomic E-state index is 14.0. The summed E-state index contributed by atoms with van der Waals surface area (Å²) >= 11 is 0. The largest absolute Gasteiger partial charge is 0.417 e. The van der Waals surface area contributed by atoms with E-state index in [0.717, 1.165) is 37.9 Å². The monoisotopic (exact) mass is 506 g/mol. The summed E-state index contributed by atoms with van der Waals surface area (Å²) < 4.78 is 53.5. The van der Waals surface area contributed by atoms with Crippen LogP contribution in [0.1, 0.15) is 11.1 Å². The Hall–Kier alpha value is -3.49. The van der Waals surface area contributed by atoms with E-state index >= 15 is 0 Å². The Labute approximate surface area is 204 Å². The molecule has 0 aliphatic carbocycles. The molecule has 2 aliphatic heterocycles. The van der Waals surface area contributed by atoms with Crippen LogP contribution in [0.2, 0.25) is 0 Å². The lowest BCUT2D eigenvalue weighted by Gasteiger charge is -2.28. The summed E-state index contributed by atoms with van der Waals surface area (Å²) in [4.78, 5) is 23.7. The van der Waals surface area contributed by atoms with Gasteiger partial charge in [-0.05, 0) is 11.6 Å². The van der Waals surface area contributed by atoms with Gasteiger partial charge in [-0.25, -0.2) is 19.3 Å². The normalized spacial score (nSPS) is 17.5. The van der Waals surface area contributed by atoms with E-state index in [1.54, 1.807) is 4.52 Å². The third kappa shape index (κ3) is 5.20. The molecule has 192 valence electrons. The van der Waals surface area contributed by atoms with Gasteiger partial charge in [0.15, 0.2) is 11.6 Å².